The molecule has 1 unspecified atom stereocenters. The molecular weight excluding hydrogens is 392 g/mol. The maximum atomic E-state index is 12.0. The van der Waals surface area contributed by atoms with Gasteiger partial charge in [-0.15, -0.1) is 0 Å². The van der Waals surface area contributed by atoms with E-state index in [1.54, 1.807) is 25.1 Å². The van der Waals surface area contributed by atoms with Crippen molar-refractivity contribution in [2.45, 2.75) is 32.7 Å². The molecule has 0 bridgehead atoms. The summed E-state index contributed by atoms with van der Waals surface area (Å²) in [7, 11) is 1.80. The molecule has 3 rings (SSSR count). The van der Waals surface area contributed by atoms with Crippen LogP contribution in [0.4, 0.5) is 5.69 Å². The van der Waals surface area contributed by atoms with Crippen LogP contribution < -0.4 is 16.0 Å². The van der Waals surface area contributed by atoms with Gasteiger partial charge >= 0.3 is 0 Å². The number of rotatable bonds is 7. The lowest BCUT2D eigenvalue weighted by molar-refractivity contribution is -0.128. The van der Waals surface area contributed by atoms with Crippen molar-refractivity contribution in [2.75, 3.05) is 38.7 Å². The number of hydrogen-bond donors (Lipinski definition) is 5. The molecule has 0 radical (unpaired) electrons. The predicted octanol–water partition coefficient (Wildman–Crippen LogP) is 2.48. The topological polar surface area (TPSA) is 113 Å². The van der Waals surface area contributed by atoms with E-state index < -0.39 is 0 Å². The average Bonchev–Trinajstić information content (AvgIpc) is 3.26. The third-order valence-electron chi connectivity index (χ3n) is 5.67. The molecule has 1 amide bonds. The van der Waals surface area contributed by atoms with E-state index in [4.69, 9.17) is 15.6 Å². The largest absolute Gasteiger partial charge is 0.393 e. The SMILES string of the molecule is CN/C=C(\C=N)c1ccc(NC(=N)C2=C(NC3CCOC3)CCN(C(C)=O)C2)c(C)c1. The molecule has 2 aliphatic rings. The minimum absolute atomic E-state index is 0.0181. The number of amidine groups is 1. The van der Waals surface area contributed by atoms with Crippen LogP contribution in [0.15, 0.2) is 35.7 Å². The summed E-state index contributed by atoms with van der Waals surface area (Å²) in [6.07, 6.45) is 4.74. The fraction of sp³-hybridized carbons (Fsp3) is 0.435. The summed E-state index contributed by atoms with van der Waals surface area (Å²) in [5.74, 6) is 0.311. The number of allylic oxidation sites excluding steroid dienone is 1. The number of carbonyl (C=O) groups is 1. The van der Waals surface area contributed by atoms with Crippen LogP contribution >= 0.6 is 0 Å². The quantitative estimate of drug-likeness (QED) is 0.341. The second-order valence-corrected chi connectivity index (χ2v) is 7.91. The zero-order valence-corrected chi connectivity index (χ0v) is 18.5. The van der Waals surface area contributed by atoms with E-state index in [0.717, 1.165) is 46.7 Å². The van der Waals surface area contributed by atoms with Gasteiger partial charge in [0, 0.05) is 68.5 Å². The van der Waals surface area contributed by atoms with Crippen LogP contribution in [-0.2, 0) is 9.53 Å². The summed E-state index contributed by atoms with van der Waals surface area (Å²) in [6, 6.07) is 6.11. The lowest BCUT2D eigenvalue weighted by Gasteiger charge is -2.32. The molecule has 1 atom stereocenters. The summed E-state index contributed by atoms with van der Waals surface area (Å²) in [4.78, 5) is 13.7. The van der Waals surface area contributed by atoms with E-state index in [1.165, 1.54) is 6.21 Å². The van der Waals surface area contributed by atoms with E-state index in [0.29, 0.717) is 32.0 Å². The molecule has 31 heavy (non-hydrogen) atoms. The predicted molar refractivity (Wildman–Crippen MR) is 125 cm³/mol. The van der Waals surface area contributed by atoms with Crippen molar-refractivity contribution in [1.82, 2.24) is 15.5 Å². The van der Waals surface area contributed by atoms with E-state index in [1.807, 2.05) is 25.1 Å². The molecule has 8 nitrogen and oxygen atoms in total. The van der Waals surface area contributed by atoms with Crippen molar-refractivity contribution in [2.24, 2.45) is 0 Å². The Morgan fingerprint density at radius 3 is 2.77 bits per heavy atom. The van der Waals surface area contributed by atoms with E-state index in [9.17, 15) is 4.79 Å². The summed E-state index contributed by atoms with van der Waals surface area (Å²) in [6.45, 7) is 6.04. The molecule has 2 aliphatic heterocycles. The molecule has 0 spiro atoms. The molecule has 1 fully saturated rings. The highest BCUT2D eigenvalue weighted by Crippen LogP contribution is 2.24. The van der Waals surface area contributed by atoms with Crippen LogP contribution in [-0.4, -0.2) is 62.3 Å². The monoisotopic (exact) mass is 424 g/mol. The van der Waals surface area contributed by atoms with Crippen molar-refractivity contribution >= 4 is 29.2 Å². The zero-order valence-electron chi connectivity index (χ0n) is 18.5. The molecule has 166 valence electrons. The second kappa shape index (κ2) is 10.3. The highest BCUT2D eigenvalue weighted by atomic mass is 16.5. The Morgan fingerprint density at radius 2 is 2.16 bits per heavy atom. The summed E-state index contributed by atoms with van der Waals surface area (Å²) in [5, 5.41) is 26.1. The maximum absolute atomic E-state index is 12.0. The van der Waals surface area contributed by atoms with Gasteiger partial charge in [0.25, 0.3) is 0 Å². The van der Waals surface area contributed by atoms with Crippen LogP contribution in [0.3, 0.4) is 0 Å². The van der Waals surface area contributed by atoms with E-state index >= 15 is 0 Å². The fourth-order valence-corrected chi connectivity index (χ4v) is 3.87. The van der Waals surface area contributed by atoms with Crippen LogP contribution in [0.2, 0.25) is 0 Å². The number of ether oxygens (including phenoxy) is 1. The normalized spacial score (nSPS) is 19.3. The molecule has 1 saturated heterocycles. The first-order valence-corrected chi connectivity index (χ1v) is 10.6. The maximum Gasteiger partial charge on any atom is 0.219 e. The third-order valence-corrected chi connectivity index (χ3v) is 5.67. The van der Waals surface area contributed by atoms with Crippen molar-refractivity contribution < 1.29 is 9.53 Å². The molecule has 1 aromatic rings. The lowest BCUT2D eigenvalue weighted by Crippen LogP contribution is -2.42. The number of carbonyl (C=O) groups excluding carboxylic acids is 1. The van der Waals surface area contributed by atoms with Crippen molar-refractivity contribution in [1.29, 1.82) is 10.8 Å². The minimum Gasteiger partial charge on any atom is -0.393 e. The molecular formula is C23H32N6O2. The molecule has 5 N–H and O–H groups in total. The van der Waals surface area contributed by atoms with Crippen molar-refractivity contribution in [3.05, 3.63) is 46.8 Å². The van der Waals surface area contributed by atoms with Gasteiger partial charge in [-0.3, -0.25) is 10.2 Å². The zero-order chi connectivity index (χ0) is 22.4. The van der Waals surface area contributed by atoms with Crippen molar-refractivity contribution in [3.8, 4) is 0 Å². The number of nitrogens with one attached hydrogen (secondary N) is 5. The highest BCUT2D eigenvalue weighted by Gasteiger charge is 2.26. The number of benzene rings is 1. The second-order valence-electron chi connectivity index (χ2n) is 7.91. The van der Waals surface area contributed by atoms with Gasteiger partial charge in [0.15, 0.2) is 0 Å². The average molecular weight is 425 g/mol. The Kier molecular flexibility index (Phi) is 7.46. The number of hydrogen-bond acceptors (Lipinski definition) is 6. The summed E-state index contributed by atoms with van der Waals surface area (Å²) >= 11 is 0. The first-order chi connectivity index (χ1) is 14.9. The Morgan fingerprint density at radius 1 is 1.35 bits per heavy atom. The van der Waals surface area contributed by atoms with E-state index in [-0.39, 0.29) is 11.9 Å². The van der Waals surface area contributed by atoms with Gasteiger partial charge in [-0.2, -0.15) is 0 Å². The first-order valence-electron chi connectivity index (χ1n) is 10.6. The van der Waals surface area contributed by atoms with Gasteiger partial charge < -0.3 is 31.0 Å². The summed E-state index contributed by atoms with van der Waals surface area (Å²) < 4.78 is 5.48. The molecule has 1 aromatic carbocycles. The van der Waals surface area contributed by atoms with Gasteiger partial charge in [0.1, 0.15) is 5.84 Å². The first kappa shape index (κ1) is 22.6. The molecule has 0 aromatic heterocycles. The van der Waals surface area contributed by atoms with Crippen LogP contribution in [0, 0.1) is 17.7 Å². The van der Waals surface area contributed by atoms with Crippen molar-refractivity contribution in [3.63, 3.8) is 0 Å². The molecule has 2 heterocycles. The minimum atomic E-state index is 0.0181. The van der Waals surface area contributed by atoms with Crippen LogP contribution in [0.1, 0.15) is 30.9 Å². The molecule has 0 aliphatic carbocycles. The number of anilines is 1. The highest BCUT2D eigenvalue weighted by molar-refractivity contribution is 6.09. The molecule has 8 heteroatoms. The van der Waals surface area contributed by atoms with Gasteiger partial charge in [-0.1, -0.05) is 6.07 Å². The smallest absolute Gasteiger partial charge is 0.219 e. The molecule has 0 saturated carbocycles. The Bertz CT molecular complexity index is 915. The lowest BCUT2D eigenvalue weighted by atomic mass is 10.0. The third kappa shape index (κ3) is 5.52. The van der Waals surface area contributed by atoms with Gasteiger partial charge in [-0.05, 0) is 36.6 Å². The van der Waals surface area contributed by atoms with Gasteiger partial charge in [0.2, 0.25) is 5.91 Å². The van der Waals surface area contributed by atoms with E-state index in [2.05, 4.69) is 16.0 Å². The standard InChI is InChI=1S/C23H32N6O2/c1-15-10-17(18(11-24)12-26-3)4-5-21(15)28-23(25)20-13-29(16(2)30)8-6-22(20)27-19-7-9-31-14-19/h4-5,10-12,19,24,26-27H,6-9,13-14H2,1-3H3,(H2,25,28)/b18-12+,24-11?. The number of nitrogens with zero attached hydrogens (tertiary/aromatic N) is 1. The number of aryl methyl sites for hydroxylation is 1. The Labute approximate surface area is 183 Å². The van der Waals surface area contributed by atoms with Gasteiger partial charge in [-0.25, -0.2) is 0 Å². The van der Waals surface area contributed by atoms with Crippen LogP contribution in [0.5, 0.6) is 0 Å². The van der Waals surface area contributed by atoms with Crippen LogP contribution in [0.25, 0.3) is 5.57 Å². The Hall–Kier alpha value is -3.13. The van der Waals surface area contributed by atoms with Gasteiger partial charge in [0.05, 0.1) is 19.2 Å². The number of amides is 1. The summed E-state index contributed by atoms with van der Waals surface area (Å²) in [5.41, 5.74) is 5.35. The fourth-order valence-electron chi connectivity index (χ4n) is 3.87. The Balaban J connectivity index is 1.82.